The van der Waals surface area contributed by atoms with Gasteiger partial charge in [-0.05, 0) is 69.3 Å². The Bertz CT molecular complexity index is 950. The molecule has 2 fully saturated rings. The van der Waals surface area contributed by atoms with Gasteiger partial charge in [-0.25, -0.2) is 4.79 Å². The van der Waals surface area contributed by atoms with Gasteiger partial charge in [-0.1, -0.05) is 6.42 Å². The van der Waals surface area contributed by atoms with Crippen LogP contribution >= 0.6 is 0 Å². The Morgan fingerprint density at radius 2 is 2.07 bits per heavy atom. The lowest BCUT2D eigenvalue weighted by atomic mass is 9.83. The Morgan fingerprint density at radius 3 is 2.90 bits per heavy atom. The first-order chi connectivity index (χ1) is 14.1. The second-order valence-corrected chi connectivity index (χ2v) is 8.34. The number of hydrogen-bond acceptors (Lipinski definition) is 5. The molecular weight excluding hydrogens is 368 g/mol. The van der Waals surface area contributed by atoms with Crippen LogP contribution in [0.15, 0.2) is 27.4 Å². The molecule has 156 valence electrons. The molecule has 0 unspecified atom stereocenters. The smallest absolute Gasteiger partial charge is 0.340 e. The van der Waals surface area contributed by atoms with Crippen molar-refractivity contribution in [3.8, 4) is 5.75 Å². The minimum absolute atomic E-state index is 0.0528. The van der Waals surface area contributed by atoms with Crippen molar-refractivity contribution in [2.24, 2.45) is 5.92 Å². The first kappa shape index (κ1) is 20.0. The van der Waals surface area contributed by atoms with Gasteiger partial charge >= 0.3 is 5.63 Å². The summed E-state index contributed by atoms with van der Waals surface area (Å²) in [5, 5.41) is 3.92. The molecule has 2 aromatic rings. The highest BCUT2D eigenvalue weighted by atomic mass is 16.5. The number of ether oxygens (including phenoxy) is 1. The monoisotopic (exact) mass is 398 g/mol. The third-order valence-corrected chi connectivity index (χ3v) is 6.62. The van der Waals surface area contributed by atoms with Crippen molar-refractivity contribution in [2.75, 3.05) is 26.7 Å². The van der Waals surface area contributed by atoms with Crippen LogP contribution in [0.1, 0.15) is 43.2 Å². The zero-order valence-electron chi connectivity index (χ0n) is 17.3. The van der Waals surface area contributed by atoms with Gasteiger partial charge in [0.2, 0.25) is 5.91 Å². The number of carbonyl (C=O) groups excluding carboxylic acids is 1. The fourth-order valence-electron chi connectivity index (χ4n) is 4.99. The molecule has 1 N–H and O–H groups in total. The third-order valence-electron chi connectivity index (χ3n) is 6.62. The molecular formula is C23H30N2O4. The minimum atomic E-state index is -0.450. The molecule has 6 nitrogen and oxygen atoms in total. The van der Waals surface area contributed by atoms with E-state index >= 15 is 0 Å². The minimum Gasteiger partial charge on any atom is -0.497 e. The molecule has 0 aliphatic carbocycles. The zero-order chi connectivity index (χ0) is 20.4. The van der Waals surface area contributed by atoms with Gasteiger partial charge in [0.1, 0.15) is 11.3 Å². The Hall–Kier alpha value is -2.34. The van der Waals surface area contributed by atoms with Crippen molar-refractivity contribution in [3.05, 3.63) is 39.7 Å². The van der Waals surface area contributed by atoms with Crippen LogP contribution in [0, 0.1) is 12.8 Å². The van der Waals surface area contributed by atoms with E-state index in [-0.39, 0.29) is 12.3 Å². The predicted molar refractivity (Wildman–Crippen MR) is 112 cm³/mol. The number of aryl methyl sites for hydroxylation is 1. The van der Waals surface area contributed by atoms with Crippen molar-refractivity contribution >= 4 is 16.9 Å². The third kappa shape index (κ3) is 4.17. The fraction of sp³-hybridized carbons (Fsp3) is 0.565. The summed E-state index contributed by atoms with van der Waals surface area (Å²) in [6.07, 6.45) is 6.23. The molecule has 0 radical (unpaired) electrons. The van der Waals surface area contributed by atoms with Crippen molar-refractivity contribution in [1.29, 1.82) is 0 Å². The van der Waals surface area contributed by atoms with Gasteiger partial charge in [0.15, 0.2) is 0 Å². The fourth-order valence-corrected chi connectivity index (χ4v) is 4.99. The lowest BCUT2D eigenvalue weighted by molar-refractivity contribution is -0.120. The normalized spacial score (nSPS) is 22.3. The van der Waals surface area contributed by atoms with E-state index in [1.807, 2.05) is 19.1 Å². The Kier molecular flexibility index (Phi) is 5.90. The van der Waals surface area contributed by atoms with Gasteiger partial charge in [0.05, 0.1) is 19.1 Å². The van der Waals surface area contributed by atoms with Gasteiger partial charge in [0, 0.05) is 24.0 Å². The number of carbonyl (C=O) groups is 1. The molecule has 2 atom stereocenters. The van der Waals surface area contributed by atoms with Crippen LogP contribution in [0.4, 0.5) is 0 Å². The molecule has 4 rings (SSSR count). The molecule has 3 heterocycles. The summed E-state index contributed by atoms with van der Waals surface area (Å²) in [6.45, 7) is 4.94. The summed E-state index contributed by atoms with van der Waals surface area (Å²) >= 11 is 0. The van der Waals surface area contributed by atoms with Crippen molar-refractivity contribution in [1.82, 2.24) is 10.2 Å². The Morgan fingerprint density at radius 1 is 1.24 bits per heavy atom. The molecule has 1 amide bonds. The first-order valence-electron chi connectivity index (χ1n) is 10.7. The van der Waals surface area contributed by atoms with E-state index in [0.717, 1.165) is 10.9 Å². The van der Waals surface area contributed by atoms with Crippen molar-refractivity contribution < 1.29 is 13.9 Å². The maximum absolute atomic E-state index is 12.6. The highest BCUT2D eigenvalue weighted by Crippen LogP contribution is 2.30. The van der Waals surface area contributed by atoms with Gasteiger partial charge < -0.3 is 19.4 Å². The van der Waals surface area contributed by atoms with E-state index in [2.05, 4.69) is 10.2 Å². The number of nitrogens with zero attached hydrogens (tertiary/aromatic N) is 1. The topological polar surface area (TPSA) is 71.8 Å². The van der Waals surface area contributed by atoms with E-state index in [4.69, 9.17) is 9.15 Å². The molecule has 1 aromatic carbocycles. The summed E-state index contributed by atoms with van der Waals surface area (Å²) in [7, 11) is 1.57. The molecule has 1 aromatic heterocycles. The summed E-state index contributed by atoms with van der Waals surface area (Å²) in [6, 6.07) is 6.00. The maximum atomic E-state index is 12.6. The van der Waals surface area contributed by atoms with E-state index in [1.165, 1.54) is 45.2 Å². The van der Waals surface area contributed by atoms with Crippen LogP contribution < -0.4 is 15.7 Å². The molecule has 2 aliphatic rings. The molecule has 0 spiro atoms. The zero-order valence-corrected chi connectivity index (χ0v) is 17.3. The predicted octanol–water partition coefficient (Wildman–Crippen LogP) is 3.03. The van der Waals surface area contributed by atoms with Crippen LogP contribution in [0.25, 0.3) is 11.0 Å². The van der Waals surface area contributed by atoms with E-state index in [9.17, 15) is 9.59 Å². The number of fused-ring (bicyclic) bond motifs is 2. The van der Waals surface area contributed by atoms with Crippen LogP contribution in [0.3, 0.4) is 0 Å². The van der Waals surface area contributed by atoms with Gasteiger partial charge in [0.25, 0.3) is 0 Å². The average molecular weight is 399 g/mol. The van der Waals surface area contributed by atoms with Gasteiger partial charge in [-0.15, -0.1) is 0 Å². The largest absolute Gasteiger partial charge is 0.497 e. The Labute approximate surface area is 171 Å². The number of rotatable bonds is 5. The summed E-state index contributed by atoms with van der Waals surface area (Å²) < 4.78 is 10.7. The standard InChI is InChI=1S/C23H30N2O4/c1-15-18-9-8-17(28-2)12-21(18)29-23(27)19(15)13-22(26)24-14-16-6-5-11-25-10-4-3-7-20(16)25/h8-9,12,16,20H,3-7,10-11,13-14H2,1-2H3,(H,24,26)/t16-,20+/m0/s1. The van der Waals surface area contributed by atoms with Crippen LogP contribution in [-0.4, -0.2) is 43.6 Å². The van der Waals surface area contributed by atoms with E-state index in [1.54, 1.807) is 13.2 Å². The quantitative estimate of drug-likeness (QED) is 0.784. The molecule has 0 bridgehead atoms. The molecule has 2 saturated heterocycles. The average Bonchev–Trinajstić information content (AvgIpc) is 2.74. The molecule has 29 heavy (non-hydrogen) atoms. The van der Waals surface area contributed by atoms with E-state index in [0.29, 0.717) is 35.4 Å². The first-order valence-corrected chi connectivity index (χ1v) is 10.7. The second-order valence-electron chi connectivity index (χ2n) is 8.34. The number of piperidine rings is 2. The molecule has 6 heteroatoms. The lowest BCUT2D eigenvalue weighted by Gasteiger charge is -2.44. The highest BCUT2D eigenvalue weighted by molar-refractivity contribution is 5.85. The van der Waals surface area contributed by atoms with Crippen LogP contribution in [0.2, 0.25) is 0 Å². The molecule has 0 saturated carbocycles. The van der Waals surface area contributed by atoms with E-state index < -0.39 is 5.63 Å². The summed E-state index contributed by atoms with van der Waals surface area (Å²) in [5.41, 5.74) is 1.26. The van der Waals surface area contributed by atoms with Crippen LogP contribution in [-0.2, 0) is 11.2 Å². The maximum Gasteiger partial charge on any atom is 0.340 e. The van der Waals surface area contributed by atoms with Gasteiger partial charge in [-0.3, -0.25) is 4.79 Å². The summed E-state index contributed by atoms with van der Waals surface area (Å²) in [4.78, 5) is 27.7. The lowest BCUT2D eigenvalue weighted by Crippen LogP contribution is -2.51. The number of nitrogens with one attached hydrogen (secondary N) is 1. The van der Waals surface area contributed by atoms with Crippen molar-refractivity contribution in [3.63, 3.8) is 0 Å². The SMILES string of the molecule is COc1ccc2c(C)c(CC(=O)NC[C@@H]3CCCN4CCCC[C@H]34)c(=O)oc2c1. The number of amides is 1. The Balaban J connectivity index is 1.44. The number of benzene rings is 1. The number of hydrogen-bond donors (Lipinski definition) is 1. The molecule has 2 aliphatic heterocycles. The second kappa shape index (κ2) is 8.57. The van der Waals surface area contributed by atoms with Crippen LogP contribution in [0.5, 0.6) is 5.75 Å². The van der Waals surface area contributed by atoms with Gasteiger partial charge in [-0.2, -0.15) is 0 Å². The summed E-state index contributed by atoms with van der Waals surface area (Å²) in [5.74, 6) is 1.03. The highest BCUT2D eigenvalue weighted by Gasteiger charge is 2.33. The number of methoxy groups -OCH3 is 1. The van der Waals surface area contributed by atoms with Crippen molar-refractivity contribution in [2.45, 2.75) is 51.5 Å².